The molecule has 27 heavy (non-hydrogen) atoms. The Balaban J connectivity index is 1.82. The molecule has 0 spiro atoms. The van der Waals surface area contributed by atoms with Gasteiger partial charge in [-0.3, -0.25) is 4.79 Å². The summed E-state index contributed by atoms with van der Waals surface area (Å²) in [6, 6.07) is 25.6. The standard InChI is InChI=1S/C22H21NO3S/c1-27(25,26)20-14-12-19(13-15-20)22(24)23-21(18-10-6-3-7-11-18)16-17-8-4-2-5-9-17/h2-15,21H,16H2,1H3,(H,23,24)/t21-/m1/s1. The van der Waals surface area contributed by atoms with Gasteiger partial charge in [0, 0.05) is 11.8 Å². The molecule has 1 amide bonds. The Morgan fingerprint density at radius 3 is 1.96 bits per heavy atom. The fourth-order valence-corrected chi connectivity index (χ4v) is 3.51. The zero-order valence-electron chi connectivity index (χ0n) is 15.0. The number of hydrogen-bond acceptors (Lipinski definition) is 3. The van der Waals surface area contributed by atoms with E-state index in [0.717, 1.165) is 17.4 Å². The predicted molar refractivity (Wildman–Crippen MR) is 106 cm³/mol. The average molecular weight is 379 g/mol. The van der Waals surface area contributed by atoms with Crippen LogP contribution in [0, 0.1) is 0 Å². The SMILES string of the molecule is CS(=O)(=O)c1ccc(C(=O)N[C@H](Cc2ccccc2)c2ccccc2)cc1. The molecule has 0 radical (unpaired) electrons. The quantitative estimate of drug-likeness (QED) is 0.708. The number of nitrogens with one attached hydrogen (secondary N) is 1. The zero-order valence-corrected chi connectivity index (χ0v) is 15.8. The Morgan fingerprint density at radius 2 is 1.41 bits per heavy atom. The highest BCUT2D eigenvalue weighted by Crippen LogP contribution is 2.19. The van der Waals surface area contributed by atoms with Crippen LogP contribution in [0.4, 0.5) is 0 Å². The van der Waals surface area contributed by atoms with Crippen molar-refractivity contribution in [2.75, 3.05) is 6.26 Å². The van der Waals surface area contributed by atoms with E-state index in [4.69, 9.17) is 0 Å². The summed E-state index contributed by atoms with van der Waals surface area (Å²) in [6.45, 7) is 0. The third kappa shape index (κ3) is 5.05. The van der Waals surface area contributed by atoms with Gasteiger partial charge in [0.2, 0.25) is 0 Å². The van der Waals surface area contributed by atoms with Gasteiger partial charge in [-0.2, -0.15) is 0 Å². The van der Waals surface area contributed by atoms with E-state index in [2.05, 4.69) is 5.32 Å². The van der Waals surface area contributed by atoms with E-state index in [-0.39, 0.29) is 16.8 Å². The van der Waals surface area contributed by atoms with Crippen LogP contribution in [0.15, 0.2) is 89.8 Å². The molecule has 3 rings (SSSR count). The van der Waals surface area contributed by atoms with Crippen LogP contribution in [0.25, 0.3) is 0 Å². The third-order valence-corrected chi connectivity index (χ3v) is 5.46. The lowest BCUT2D eigenvalue weighted by molar-refractivity contribution is 0.0936. The van der Waals surface area contributed by atoms with Crippen molar-refractivity contribution in [3.63, 3.8) is 0 Å². The number of hydrogen-bond donors (Lipinski definition) is 1. The van der Waals surface area contributed by atoms with Gasteiger partial charge in [-0.05, 0) is 41.8 Å². The molecule has 138 valence electrons. The molecule has 1 atom stereocenters. The Labute approximate surface area is 159 Å². The van der Waals surface area contributed by atoms with Crippen molar-refractivity contribution >= 4 is 15.7 Å². The smallest absolute Gasteiger partial charge is 0.251 e. The number of benzene rings is 3. The maximum atomic E-state index is 12.7. The summed E-state index contributed by atoms with van der Waals surface area (Å²) in [4.78, 5) is 12.9. The van der Waals surface area contributed by atoms with Gasteiger partial charge in [0.05, 0.1) is 10.9 Å². The van der Waals surface area contributed by atoms with E-state index in [9.17, 15) is 13.2 Å². The molecule has 1 N–H and O–H groups in total. The summed E-state index contributed by atoms with van der Waals surface area (Å²) in [6.07, 6.45) is 1.81. The maximum absolute atomic E-state index is 12.7. The summed E-state index contributed by atoms with van der Waals surface area (Å²) in [5, 5.41) is 3.07. The minimum atomic E-state index is -3.28. The lowest BCUT2D eigenvalue weighted by atomic mass is 9.98. The number of sulfone groups is 1. The van der Waals surface area contributed by atoms with Gasteiger partial charge in [0.25, 0.3) is 5.91 Å². The van der Waals surface area contributed by atoms with Crippen molar-refractivity contribution in [2.45, 2.75) is 17.4 Å². The first-order valence-electron chi connectivity index (χ1n) is 8.63. The summed E-state index contributed by atoms with van der Waals surface area (Å²) < 4.78 is 23.2. The number of amides is 1. The van der Waals surface area contributed by atoms with Gasteiger partial charge >= 0.3 is 0 Å². The van der Waals surface area contributed by atoms with Crippen LogP contribution in [0.1, 0.15) is 27.5 Å². The first-order valence-corrected chi connectivity index (χ1v) is 10.5. The van der Waals surface area contributed by atoms with Crippen molar-refractivity contribution in [3.05, 3.63) is 102 Å². The Hall–Kier alpha value is -2.92. The van der Waals surface area contributed by atoms with Crippen LogP contribution < -0.4 is 5.32 Å². The first-order chi connectivity index (χ1) is 12.9. The molecular weight excluding hydrogens is 358 g/mol. The van der Waals surface area contributed by atoms with Crippen LogP contribution in [0.5, 0.6) is 0 Å². The molecule has 0 aliphatic heterocycles. The molecule has 0 bridgehead atoms. The van der Waals surface area contributed by atoms with Gasteiger partial charge in [0.15, 0.2) is 9.84 Å². The van der Waals surface area contributed by atoms with Crippen molar-refractivity contribution in [2.24, 2.45) is 0 Å². The van der Waals surface area contributed by atoms with Crippen LogP contribution in [-0.4, -0.2) is 20.6 Å². The molecule has 3 aromatic carbocycles. The minimum Gasteiger partial charge on any atom is -0.345 e. The summed E-state index contributed by atoms with van der Waals surface area (Å²) >= 11 is 0. The van der Waals surface area contributed by atoms with Gasteiger partial charge in [-0.15, -0.1) is 0 Å². The normalized spacial score (nSPS) is 12.3. The van der Waals surface area contributed by atoms with Gasteiger partial charge in [-0.1, -0.05) is 60.7 Å². The largest absolute Gasteiger partial charge is 0.345 e. The second-order valence-corrected chi connectivity index (χ2v) is 8.44. The lowest BCUT2D eigenvalue weighted by Crippen LogP contribution is -2.30. The molecule has 0 unspecified atom stereocenters. The van der Waals surface area contributed by atoms with E-state index < -0.39 is 9.84 Å². The molecule has 0 heterocycles. The molecule has 0 fully saturated rings. The third-order valence-electron chi connectivity index (χ3n) is 4.33. The van der Waals surface area contributed by atoms with Gasteiger partial charge in [-0.25, -0.2) is 8.42 Å². The van der Waals surface area contributed by atoms with Crippen LogP contribution >= 0.6 is 0 Å². The predicted octanol–water partition coefficient (Wildman–Crippen LogP) is 3.80. The van der Waals surface area contributed by atoms with Crippen molar-refractivity contribution in [3.8, 4) is 0 Å². The molecule has 0 aliphatic rings. The van der Waals surface area contributed by atoms with Crippen LogP contribution in [-0.2, 0) is 16.3 Å². The zero-order chi connectivity index (χ0) is 19.3. The van der Waals surface area contributed by atoms with Gasteiger partial charge in [0.1, 0.15) is 0 Å². The average Bonchev–Trinajstić information content (AvgIpc) is 2.68. The second-order valence-electron chi connectivity index (χ2n) is 6.42. The molecule has 4 nitrogen and oxygen atoms in total. The minimum absolute atomic E-state index is 0.185. The van der Waals surface area contributed by atoms with E-state index in [1.165, 1.54) is 24.3 Å². The maximum Gasteiger partial charge on any atom is 0.251 e. The summed E-state index contributed by atoms with van der Waals surface area (Å²) in [7, 11) is -3.28. The monoisotopic (exact) mass is 379 g/mol. The van der Waals surface area contributed by atoms with E-state index in [1.54, 1.807) is 0 Å². The molecular formula is C22H21NO3S. The highest BCUT2D eigenvalue weighted by molar-refractivity contribution is 7.90. The van der Waals surface area contributed by atoms with Crippen LogP contribution in [0.3, 0.4) is 0 Å². The fourth-order valence-electron chi connectivity index (χ4n) is 2.88. The number of rotatable bonds is 6. The van der Waals surface area contributed by atoms with E-state index in [1.807, 2.05) is 60.7 Å². The summed E-state index contributed by atoms with van der Waals surface area (Å²) in [5.41, 5.74) is 2.57. The van der Waals surface area contributed by atoms with E-state index in [0.29, 0.717) is 12.0 Å². The fraction of sp³-hybridized carbons (Fsp3) is 0.136. The molecule has 0 saturated carbocycles. The van der Waals surface area contributed by atoms with Crippen molar-refractivity contribution in [1.82, 2.24) is 5.32 Å². The Kier molecular flexibility index (Phi) is 5.72. The molecule has 3 aromatic rings. The molecule has 0 saturated heterocycles. The topological polar surface area (TPSA) is 63.2 Å². The Bertz CT molecular complexity index is 998. The Morgan fingerprint density at radius 1 is 0.852 bits per heavy atom. The molecule has 5 heteroatoms. The highest BCUT2D eigenvalue weighted by atomic mass is 32.2. The van der Waals surface area contributed by atoms with Crippen LogP contribution in [0.2, 0.25) is 0 Å². The van der Waals surface area contributed by atoms with Gasteiger partial charge < -0.3 is 5.32 Å². The number of carbonyl (C=O) groups is 1. The summed E-state index contributed by atoms with van der Waals surface area (Å²) in [5.74, 6) is -0.236. The van der Waals surface area contributed by atoms with E-state index >= 15 is 0 Å². The highest BCUT2D eigenvalue weighted by Gasteiger charge is 2.17. The number of carbonyl (C=O) groups excluding carboxylic acids is 1. The lowest BCUT2D eigenvalue weighted by Gasteiger charge is -2.20. The van der Waals surface area contributed by atoms with Crippen molar-refractivity contribution < 1.29 is 13.2 Å². The first kappa shape index (κ1) is 18.9. The molecule has 0 aromatic heterocycles. The second kappa shape index (κ2) is 8.18. The molecule has 0 aliphatic carbocycles. The van der Waals surface area contributed by atoms with Crippen molar-refractivity contribution in [1.29, 1.82) is 0 Å².